The highest BCUT2D eigenvalue weighted by Gasteiger charge is 2.24. The smallest absolute Gasteiger partial charge is 0.314 e. The molecule has 1 N–H and O–H groups in total. The number of methoxy groups -OCH3 is 1. The van der Waals surface area contributed by atoms with Gasteiger partial charge in [0.25, 0.3) is 0 Å². The molecular formula is C21H24N2O3. The molecule has 1 aliphatic rings. The summed E-state index contributed by atoms with van der Waals surface area (Å²) in [7, 11) is 1.57. The van der Waals surface area contributed by atoms with Crippen LogP contribution in [0.15, 0.2) is 53.6 Å². The van der Waals surface area contributed by atoms with Gasteiger partial charge in [-0.3, -0.25) is 10.2 Å². The summed E-state index contributed by atoms with van der Waals surface area (Å²) in [5.74, 6) is 0.828. The number of ether oxygens (including phenoxy) is 2. The second kappa shape index (κ2) is 9.04. The number of benzene rings is 2. The molecule has 0 aromatic heterocycles. The van der Waals surface area contributed by atoms with Gasteiger partial charge in [-0.2, -0.15) is 5.10 Å². The largest absolute Gasteiger partial charge is 0.493 e. The van der Waals surface area contributed by atoms with E-state index < -0.39 is 0 Å². The third-order valence-electron chi connectivity index (χ3n) is 4.52. The first-order valence-electron chi connectivity index (χ1n) is 9.00. The lowest BCUT2D eigenvalue weighted by Gasteiger charge is -2.20. The minimum atomic E-state index is -0.157. The Hall–Kier alpha value is -2.82. The van der Waals surface area contributed by atoms with Crippen LogP contribution in [0.5, 0.6) is 11.5 Å². The number of para-hydroxylation sites is 1. The van der Waals surface area contributed by atoms with Gasteiger partial charge in [-0.15, -0.1) is 0 Å². The highest BCUT2D eigenvalue weighted by molar-refractivity contribution is 5.82. The molecule has 26 heavy (non-hydrogen) atoms. The monoisotopic (exact) mass is 352 g/mol. The highest BCUT2D eigenvalue weighted by atomic mass is 16.6. The lowest BCUT2D eigenvalue weighted by Crippen LogP contribution is -2.22. The molecule has 3 rings (SSSR count). The lowest BCUT2D eigenvalue weighted by molar-refractivity contribution is -0.140. The van der Waals surface area contributed by atoms with Gasteiger partial charge in [0, 0.05) is 0 Å². The molecule has 2 aromatic rings. The van der Waals surface area contributed by atoms with Crippen molar-refractivity contribution in [2.24, 2.45) is 11.0 Å². The van der Waals surface area contributed by atoms with Crippen LogP contribution in [0.3, 0.4) is 0 Å². The molecule has 1 saturated carbocycles. The van der Waals surface area contributed by atoms with E-state index in [9.17, 15) is 4.79 Å². The van der Waals surface area contributed by atoms with E-state index in [0.29, 0.717) is 11.5 Å². The van der Waals surface area contributed by atoms with Gasteiger partial charge in [0.05, 0.1) is 24.9 Å². The van der Waals surface area contributed by atoms with Crippen molar-refractivity contribution in [3.05, 3.63) is 54.1 Å². The van der Waals surface area contributed by atoms with Gasteiger partial charge >= 0.3 is 5.97 Å². The van der Waals surface area contributed by atoms with Crippen molar-refractivity contribution in [2.75, 3.05) is 12.5 Å². The Kier molecular flexibility index (Phi) is 6.25. The molecule has 1 fully saturated rings. The Bertz CT molecular complexity index is 753. The number of nitrogens with one attached hydrogen (secondary N) is 1. The Balaban J connectivity index is 1.64. The second-order valence-electron chi connectivity index (χ2n) is 6.40. The fourth-order valence-corrected chi connectivity index (χ4v) is 3.07. The number of carbonyl (C=O) groups excluding carboxylic acids is 1. The van der Waals surface area contributed by atoms with Crippen molar-refractivity contribution in [1.29, 1.82) is 0 Å². The summed E-state index contributed by atoms with van der Waals surface area (Å²) in [6, 6.07) is 15.1. The molecule has 0 unspecified atom stereocenters. The summed E-state index contributed by atoms with van der Waals surface area (Å²) in [5, 5.41) is 4.21. The molecule has 0 saturated heterocycles. The molecule has 0 heterocycles. The van der Waals surface area contributed by atoms with Gasteiger partial charge < -0.3 is 9.47 Å². The molecule has 0 spiro atoms. The fraction of sp³-hybridized carbons (Fsp3) is 0.333. The molecule has 0 amide bonds. The van der Waals surface area contributed by atoms with Crippen molar-refractivity contribution in [3.63, 3.8) is 0 Å². The van der Waals surface area contributed by atoms with Gasteiger partial charge in [-0.25, -0.2) is 0 Å². The minimum Gasteiger partial charge on any atom is -0.493 e. The van der Waals surface area contributed by atoms with Crippen LogP contribution in [-0.2, 0) is 4.79 Å². The average Bonchev–Trinajstić information content (AvgIpc) is 2.70. The van der Waals surface area contributed by atoms with Gasteiger partial charge in [0.15, 0.2) is 11.5 Å². The van der Waals surface area contributed by atoms with Crippen LogP contribution in [0.4, 0.5) is 5.69 Å². The molecule has 0 atom stereocenters. The van der Waals surface area contributed by atoms with E-state index in [1.165, 1.54) is 6.42 Å². The SMILES string of the molecule is COc1cc(C=NNc2ccccc2)ccc1OC(=O)C1CCCCC1. The maximum absolute atomic E-state index is 12.3. The summed E-state index contributed by atoms with van der Waals surface area (Å²) in [5.41, 5.74) is 4.72. The zero-order valence-electron chi connectivity index (χ0n) is 15.0. The highest BCUT2D eigenvalue weighted by Crippen LogP contribution is 2.31. The van der Waals surface area contributed by atoms with Gasteiger partial charge in [-0.1, -0.05) is 37.5 Å². The number of carbonyl (C=O) groups is 1. The Morgan fingerprint density at radius 1 is 1.08 bits per heavy atom. The van der Waals surface area contributed by atoms with E-state index in [-0.39, 0.29) is 11.9 Å². The van der Waals surface area contributed by atoms with Gasteiger partial charge in [0.2, 0.25) is 0 Å². The summed E-state index contributed by atoms with van der Waals surface area (Å²) in [4.78, 5) is 12.3. The maximum Gasteiger partial charge on any atom is 0.314 e. The third kappa shape index (κ3) is 4.85. The lowest BCUT2D eigenvalue weighted by atomic mass is 9.89. The first-order valence-corrected chi connectivity index (χ1v) is 9.00. The topological polar surface area (TPSA) is 59.9 Å². The number of hydrogen-bond donors (Lipinski definition) is 1. The van der Waals surface area contributed by atoms with E-state index in [2.05, 4.69) is 10.5 Å². The second-order valence-corrected chi connectivity index (χ2v) is 6.40. The number of nitrogens with zero attached hydrogens (tertiary/aromatic N) is 1. The number of anilines is 1. The summed E-state index contributed by atoms with van der Waals surface area (Å²) in [6.07, 6.45) is 6.93. The van der Waals surface area contributed by atoms with E-state index in [0.717, 1.165) is 36.9 Å². The van der Waals surface area contributed by atoms with Crippen molar-refractivity contribution < 1.29 is 14.3 Å². The Morgan fingerprint density at radius 3 is 2.58 bits per heavy atom. The summed E-state index contributed by atoms with van der Waals surface area (Å²) < 4.78 is 11.0. The Labute approximate surface area is 154 Å². The number of rotatable bonds is 6. The van der Waals surface area contributed by atoms with E-state index in [4.69, 9.17) is 9.47 Å². The predicted molar refractivity (Wildman–Crippen MR) is 103 cm³/mol. The predicted octanol–water partition coefficient (Wildman–Crippen LogP) is 4.63. The van der Waals surface area contributed by atoms with Crippen LogP contribution < -0.4 is 14.9 Å². The molecule has 1 aliphatic carbocycles. The Morgan fingerprint density at radius 2 is 1.85 bits per heavy atom. The molecule has 5 nitrogen and oxygen atoms in total. The molecule has 2 aromatic carbocycles. The van der Waals surface area contributed by atoms with Crippen molar-refractivity contribution in [3.8, 4) is 11.5 Å². The average molecular weight is 352 g/mol. The van der Waals surface area contributed by atoms with Crippen molar-refractivity contribution in [1.82, 2.24) is 0 Å². The fourth-order valence-electron chi connectivity index (χ4n) is 3.07. The number of esters is 1. The summed E-state index contributed by atoms with van der Waals surface area (Å²) in [6.45, 7) is 0. The molecule has 5 heteroatoms. The molecule has 136 valence electrons. The first-order chi connectivity index (χ1) is 12.8. The standard InChI is InChI=1S/C21H24N2O3/c1-25-20-14-16(15-22-23-18-10-6-3-7-11-18)12-13-19(20)26-21(24)17-8-4-2-5-9-17/h3,6-7,10-15,17,23H,2,4-5,8-9H2,1H3. The van der Waals surface area contributed by atoms with E-state index >= 15 is 0 Å². The van der Waals surface area contributed by atoms with Crippen LogP contribution in [0, 0.1) is 5.92 Å². The van der Waals surface area contributed by atoms with Crippen LogP contribution in [0.2, 0.25) is 0 Å². The van der Waals surface area contributed by atoms with Crippen LogP contribution in [0.1, 0.15) is 37.7 Å². The maximum atomic E-state index is 12.3. The third-order valence-corrected chi connectivity index (χ3v) is 4.52. The molecular weight excluding hydrogens is 328 g/mol. The minimum absolute atomic E-state index is 0.00441. The van der Waals surface area contributed by atoms with Crippen LogP contribution >= 0.6 is 0 Å². The van der Waals surface area contributed by atoms with Gasteiger partial charge in [-0.05, 0) is 48.7 Å². The van der Waals surface area contributed by atoms with Gasteiger partial charge in [0.1, 0.15) is 0 Å². The van der Waals surface area contributed by atoms with Crippen LogP contribution in [-0.4, -0.2) is 19.3 Å². The normalized spacial score (nSPS) is 15.0. The zero-order chi connectivity index (χ0) is 18.2. The zero-order valence-corrected chi connectivity index (χ0v) is 15.0. The molecule has 0 aliphatic heterocycles. The summed E-state index contributed by atoms with van der Waals surface area (Å²) >= 11 is 0. The number of hydrazone groups is 1. The quantitative estimate of drug-likeness (QED) is 0.356. The number of hydrogen-bond acceptors (Lipinski definition) is 5. The van der Waals surface area contributed by atoms with Crippen LogP contribution in [0.25, 0.3) is 0 Å². The first kappa shape index (κ1) is 18.0. The van der Waals surface area contributed by atoms with Crippen molar-refractivity contribution >= 4 is 17.9 Å². The van der Waals surface area contributed by atoms with E-state index in [1.54, 1.807) is 25.5 Å². The molecule has 0 radical (unpaired) electrons. The van der Waals surface area contributed by atoms with Crippen molar-refractivity contribution in [2.45, 2.75) is 32.1 Å². The van der Waals surface area contributed by atoms with E-state index in [1.807, 2.05) is 36.4 Å². The molecule has 0 bridgehead atoms.